The number of aryl methyl sites for hydroxylation is 1. The first-order valence-corrected chi connectivity index (χ1v) is 7.22. The molecule has 0 unspecified atom stereocenters. The molecular formula is C14H19N3Pt. The Hall–Kier alpha value is -0.922. The number of benzene rings is 1. The van der Waals surface area contributed by atoms with E-state index in [2.05, 4.69) is 73.0 Å². The van der Waals surface area contributed by atoms with Crippen molar-refractivity contribution in [1.82, 2.24) is 9.13 Å². The van der Waals surface area contributed by atoms with Gasteiger partial charge in [0.05, 0.1) is 0 Å². The van der Waals surface area contributed by atoms with Crippen molar-refractivity contribution >= 4 is 0 Å². The van der Waals surface area contributed by atoms with Crippen LogP contribution in [-0.2, 0) is 33.4 Å². The largest absolute Gasteiger partial charge is 0.328 e. The Morgan fingerprint density at radius 1 is 1.17 bits per heavy atom. The van der Waals surface area contributed by atoms with Gasteiger partial charge in [-0.3, -0.25) is 0 Å². The van der Waals surface area contributed by atoms with Crippen LogP contribution in [0.3, 0.4) is 0 Å². The van der Waals surface area contributed by atoms with Crippen molar-refractivity contribution in [2.24, 2.45) is 19.8 Å². The van der Waals surface area contributed by atoms with Crippen molar-refractivity contribution in [1.29, 1.82) is 0 Å². The molecule has 100 valence electrons. The summed E-state index contributed by atoms with van der Waals surface area (Å²) in [6.45, 7) is 0. The maximum absolute atomic E-state index is 5.22. The molecular weight excluding hydrogens is 405 g/mol. The summed E-state index contributed by atoms with van der Waals surface area (Å²) in [5.41, 5.74) is 7.73. The van der Waals surface area contributed by atoms with Crippen molar-refractivity contribution in [3.05, 3.63) is 40.3 Å². The van der Waals surface area contributed by atoms with Crippen molar-refractivity contribution in [2.45, 2.75) is 18.9 Å². The monoisotopic (exact) mass is 424 g/mol. The van der Waals surface area contributed by atoms with Crippen LogP contribution in [0.25, 0.3) is 11.3 Å². The van der Waals surface area contributed by atoms with E-state index in [0.717, 1.165) is 0 Å². The van der Waals surface area contributed by atoms with Crippen LogP contribution >= 0.6 is 0 Å². The minimum atomic E-state index is 0.583. The van der Waals surface area contributed by atoms with Crippen molar-refractivity contribution in [2.75, 3.05) is 0 Å². The first kappa shape index (κ1) is 13.5. The molecule has 1 aromatic heterocycles. The molecule has 4 heteroatoms. The molecule has 2 aromatic rings. The third kappa shape index (κ3) is 3.30. The Morgan fingerprint density at radius 2 is 1.72 bits per heavy atom. The Labute approximate surface area is 119 Å². The van der Waals surface area contributed by atoms with Crippen LogP contribution in [-0.4, -0.2) is 15.2 Å². The molecule has 1 aliphatic carbocycles. The zero-order valence-electron chi connectivity index (χ0n) is 10.7. The second-order valence-corrected chi connectivity index (χ2v) is 5.65. The van der Waals surface area contributed by atoms with Crippen LogP contribution in [0.2, 0.25) is 0 Å². The second kappa shape index (κ2) is 5.81. The zero-order chi connectivity index (χ0) is 13.1. The molecule has 0 spiro atoms. The van der Waals surface area contributed by atoms with Gasteiger partial charge < -0.3 is 5.73 Å². The molecule has 1 aliphatic rings. The fourth-order valence-electron chi connectivity index (χ4n) is 1.62. The molecule has 1 aromatic carbocycles. The normalized spacial score (nSPS) is 14.1. The average Bonchev–Trinajstić information content (AvgIpc) is 3.13. The number of nitrogens with two attached hydrogens (primary N) is 1. The summed E-state index contributed by atoms with van der Waals surface area (Å²) in [4.78, 5) is 0. The second-order valence-electron chi connectivity index (χ2n) is 4.63. The quantitative estimate of drug-likeness (QED) is 0.749. The number of rotatable bonds is 1. The van der Waals surface area contributed by atoms with Crippen molar-refractivity contribution in [3.63, 3.8) is 0 Å². The number of imidazole rings is 1. The van der Waals surface area contributed by atoms with Crippen molar-refractivity contribution < 1.29 is 19.4 Å². The van der Waals surface area contributed by atoms with E-state index < -0.39 is 0 Å². The van der Waals surface area contributed by atoms with Gasteiger partial charge in [0.1, 0.15) is 0 Å². The topological polar surface area (TPSA) is 35.9 Å². The number of hydrogen-bond donors (Lipinski definition) is 1. The van der Waals surface area contributed by atoms with Gasteiger partial charge in [0, 0.05) is 6.04 Å². The summed E-state index contributed by atoms with van der Waals surface area (Å²) in [6.07, 6.45) is 4.68. The molecule has 18 heavy (non-hydrogen) atoms. The smallest absolute Gasteiger partial charge is 0.00399 e. The Morgan fingerprint density at radius 3 is 2.11 bits per heavy atom. The fraction of sp³-hybridized carbons (Fsp3) is 0.357. The van der Waals surface area contributed by atoms with Gasteiger partial charge in [0.2, 0.25) is 0 Å². The molecule has 2 N–H and O–H groups in total. The minimum absolute atomic E-state index is 0.583. The summed E-state index contributed by atoms with van der Waals surface area (Å²) in [7, 11) is 4.15. The Kier molecular flexibility index (Phi) is 4.36. The van der Waals surface area contributed by atoms with E-state index in [1.54, 1.807) is 0 Å². The maximum atomic E-state index is 5.22. The molecule has 0 bridgehead atoms. The molecule has 1 heterocycles. The zero-order valence-corrected chi connectivity index (χ0v) is 13.0. The summed E-state index contributed by atoms with van der Waals surface area (Å²) >= 11 is 2.33. The van der Waals surface area contributed by atoms with Gasteiger partial charge in [-0.1, -0.05) is 0 Å². The summed E-state index contributed by atoms with van der Waals surface area (Å²) in [5, 5.41) is 0. The van der Waals surface area contributed by atoms with Crippen LogP contribution in [0, 0.1) is 3.80 Å². The van der Waals surface area contributed by atoms with Gasteiger partial charge in [0.15, 0.2) is 0 Å². The van der Waals surface area contributed by atoms with Crippen molar-refractivity contribution in [3.8, 4) is 11.3 Å². The standard InChI is InChI=1S/C11H12N2.C3H7N.Pt/c1-12-8-11(13(2)9-12)10-6-4-3-5-7-10;4-3-1-2-3;/h3-8H,1-2H3;3H,1-2,4H2;. The molecule has 1 fully saturated rings. The first-order chi connectivity index (χ1) is 8.59. The molecule has 0 radical (unpaired) electrons. The average molecular weight is 424 g/mol. The van der Waals surface area contributed by atoms with E-state index in [1.165, 1.54) is 27.9 Å². The van der Waals surface area contributed by atoms with Gasteiger partial charge in [-0.25, -0.2) is 0 Å². The maximum Gasteiger partial charge on any atom is 0.00399 e. The third-order valence-electron chi connectivity index (χ3n) is 2.89. The predicted octanol–water partition coefficient (Wildman–Crippen LogP) is 2.22. The van der Waals surface area contributed by atoms with Gasteiger partial charge in [0.25, 0.3) is 0 Å². The first-order valence-electron chi connectivity index (χ1n) is 6.08. The molecule has 0 amide bonds. The Balaban J connectivity index is 0.000000256. The SMILES string of the molecule is Cn1cc(-c2ccccc2)n(C)[c]1=[Pt].NC1CC1. The number of nitrogens with zero attached hydrogens (tertiary/aromatic N) is 2. The van der Waals surface area contributed by atoms with Crippen LogP contribution < -0.4 is 5.73 Å². The number of hydrogen-bond acceptors (Lipinski definition) is 1. The van der Waals surface area contributed by atoms with Gasteiger partial charge in [-0.15, -0.1) is 0 Å². The summed E-state index contributed by atoms with van der Waals surface area (Å²) < 4.78 is 5.55. The summed E-state index contributed by atoms with van der Waals surface area (Å²) in [6, 6.07) is 11.0. The van der Waals surface area contributed by atoms with Gasteiger partial charge in [-0.05, 0) is 12.8 Å². The van der Waals surface area contributed by atoms with E-state index >= 15 is 0 Å². The van der Waals surface area contributed by atoms with Gasteiger partial charge >= 0.3 is 94.2 Å². The van der Waals surface area contributed by atoms with Crippen LogP contribution in [0.5, 0.6) is 0 Å². The molecule has 3 nitrogen and oxygen atoms in total. The molecule has 0 atom stereocenters. The minimum Gasteiger partial charge on any atom is -0.328 e. The van der Waals surface area contributed by atoms with E-state index in [0.29, 0.717) is 6.04 Å². The Bertz CT molecular complexity index is 564. The molecule has 0 saturated heterocycles. The molecule has 0 aliphatic heterocycles. The van der Waals surface area contributed by atoms with E-state index in [1.807, 2.05) is 6.07 Å². The predicted molar refractivity (Wildman–Crippen MR) is 70.3 cm³/mol. The number of aromatic nitrogens is 2. The fourth-order valence-corrected chi connectivity index (χ4v) is 2.04. The third-order valence-corrected chi connectivity index (χ3v) is 4.46. The van der Waals surface area contributed by atoms with Crippen LogP contribution in [0.1, 0.15) is 12.8 Å². The molecule has 1 saturated carbocycles. The molecule has 3 rings (SSSR count). The van der Waals surface area contributed by atoms with E-state index in [9.17, 15) is 0 Å². The summed E-state index contributed by atoms with van der Waals surface area (Å²) in [5.74, 6) is 0. The van der Waals surface area contributed by atoms with Crippen LogP contribution in [0.15, 0.2) is 36.5 Å². The van der Waals surface area contributed by atoms with E-state index in [-0.39, 0.29) is 0 Å². The van der Waals surface area contributed by atoms with Crippen LogP contribution in [0.4, 0.5) is 0 Å². The van der Waals surface area contributed by atoms with Gasteiger partial charge in [-0.2, -0.15) is 0 Å². The van der Waals surface area contributed by atoms with E-state index in [4.69, 9.17) is 5.73 Å².